The van der Waals surface area contributed by atoms with E-state index in [4.69, 9.17) is 4.74 Å². The van der Waals surface area contributed by atoms with E-state index >= 15 is 0 Å². The number of rotatable bonds is 5. The molecule has 0 saturated carbocycles. The minimum absolute atomic E-state index is 0.330. The van der Waals surface area contributed by atoms with Gasteiger partial charge in [0.25, 0.3) is 0 Å². The van der Waals surface area contributed by atoms with Gasteiger partial charge in [-0.3, -0.25) is 4.72 Å². The van der Waals surface area contributed by atoms with Crippen LogP contribution in [0.1, 0.15) is 19.8 Å². The van der Waals surface area contributed by atoms with Crippen LogP contribution in [-0.4, -0.2) is 33.4 Å². The van der Waals surface area contributed by atoms with Crippen molar-refractivity contribution in [3.63, 3.8) is 0 Å². The molecule has 0 aromatic heterocycles. The van der Waals surface area contributed by atoms with Crippen LogP contribution in [-0.2, 0) is 10.0 Å². The molecule has 0 unspecified atom stereocenters. The van der Waals surface area contributed by atoms with Crippen LogP contribution >= 0.6 is 0 Å². The predicted octanol–water partition coefficient (Wildman–Crippen LogP) is 1.58. The molecule has 19 heavy (non-hydrogen) atoms. The summed E-state index contributed by atoms with van der Waals surface area (Å²) in [6, 6.07) is 7.11. The quantitative estimate of drug-likeness (QED) is 0.861. The molecule has 2 N–H and O–H groups in total. The zero-order valence-corrected chi connectivity index (χ0v) is 11.9. The molecule has 1 aromatic carbocycles. The molecule has 1 heterocycles. The Morgan fingerprint density at radius 2 is 2.00 bits per heavy atom. The Bertz CT molecular complexity index is 510. The van der Waals surface area contributed by atoms with E-state index < -0.39 is 10.0 Å². The highest BCUT2D eigenvalue weighted by atomic mass is 32.2. The zero-order valence-electron chi connectivity index (χ0n) is 11.1. The second-order valence-electron chi connectivity index (χ2n) is 4.53. The molecule has 5 nitrogen and oxygen atoms in total. The Morgan fingerprint density at radius 1 is 1.32 bits per heavy atom. The molecule has 0 radical (unpaired) electrons. The summed E-state index contributed by atoms with van der Waals surface area (Å²) in [4.78, 5) is 0. The van der Waals surface area contributed by atoms with Crippen LogP contribution in [0.3, 0.4) is 0 Å². The van der Waals surface area contributed by atoms with E-state index in [1.165, 1.54) is 0 Å². The molecule has 0 spiro atoms. The molecule has 6 heteroatoms. The molecule has 0 bridgehead atoms. The van der Waals surface area contributed by atoms with Gasteiger partial charge in [-0.1, -0.05) is 12.1 Å². The second kappa shape index (κ2) is 6.25. The van der Waals surface area contributed by atoms with Crippen molar-refractivity contribution < 1.29 is 13.2 Å². The number of ether oxygens (including phenoxy) is 1. The Kier molecular flexibility index (Phi) is 4.66. The summed E-state index contributed by atoms with van der Waals surface area (Å²) in [5.74, 6) is 0.572. The van der Waals surface area contributed by atoms with Gasteiger partial charge in [0.1, 0.15) is 5.75 Å². The number of hydrogen-bond donors (Lipinski definition) is 2. The van der Waals surface area contributed by atoms with Crippen LogP contribution in [0.4, 0.5) is 5.69 Å². The lowest BCUT2D eigenvalue weighted by Crippen LogP contribution is -2.38. The minimum Gasteiger partial charge on any atom is -0.492 e. The molecule has 1 aliphatic heterocycles. The van der Waals surface area contributed by atoms with Crippen molar-refractivity contribution in [3.8, 4) is 5.75 Å². The van der Waals surface area contributed by atoms with Crippen LogP contribution < -0.4 is 14.8 Å². The number of sulfonamides is 1. The standard InChI is InChI=1S/C13H20N2O3S/c1-2-18-13-6-4-3-5-12(13)15-19(16,17)11-7-9-14-10-8-11/h3-6,11,14-15H,2,7-10H2,1H3. The van der Waals surface area contributed by atoms with Gasteiger partial charge in [-0.15, -0.1) is 0 Å². The van der Waals surface area contributed by atoms with E-state index in [0.717, 1.165) is 13.1 Å². The molecule has 106 valence electrons. The van der Waals surface area contributed by atoms with Gasteiger partial charge in [-0.25, -0.2) is 8.42 Å². The molecule has 2 rings (SSSR count). The summed E-state index contributed by atoms with van der Waals surface area (Å²) in [5.41, 5.74) is 0.517. The SMILES string of the molecule is CCOc1ccccc1NS(=O)(=O)C1CCNCC1. The maximum absolute atomic E-state index is 12.3. The van der Waals surface area contributed by atoms with E-state index in [1.54, 1.807) is 18.2 Å². The third-order valence-electron chi connectivity index (χ3n) is 3.16. The number of nitrogens with one attached hydrogen (secondary N) is 2. The van der Waals surface area contributed by atoms with Crippen molar-refractivity contribution in [2.24, 2.45) is 0 Å². The number of benzene rings is 1. The molecule has 1 saturated heterocycles. The monoisotopic (exact) mass is 284 g/mol. The molecule has 1 fully saturated rings. The summed E-state index contributed by atoms with van der Waals surface area (Å²) in [6.45, 7) is 3.88. The minimum atomic E-state index is -3.35. The normalized spacial score (nSPS) is 17.1. The average molecular weight is 284 g/mol. The van der Waals surface area contributed by atoms with Crippen molar-refractivity contribution in [2.75, 3.05) is 24.4 Å². The fourth-order valence-corrected chi connectivity index (χ4v) is 3.67. The van der Waals surface area contributed by atoms with Gasteiger partial charge >= 0.3 is 0 Å². The van der Waals surface area contributed by atoms with Crippen LogP contribution in [0.2, 0.25) is 0 Å². The highest BCUT2D eigenvalue weighted by Gasteiger charge is 2.27. The van der Waals surface area contributed by atoms with Gasteiger partial charge in [0.05, 0.1) is 17.5 Å². The lowest BCUT2D eigenvalue weighted by atomic mass is 10.2. The van der Waals surface area contributed by atoms with Gasteiger partial charge in [-0.2, -0.15) is 0 Å². The fraction of sp³-hybridized carbons (Fsp3) is 0.538. The van der Waals surface area contributed by atoms with Crippen molar-refractivity contribution in [3.05, 3.63) is 24.3 Å². The van der Waals surface area contributed by atoms with E-state index in [1.807, 2.05) is 13.0 Å². The Labute approximate surface area is 114 Å². The lowest BCUT2D eigenvalue weighted by Gasteiger charge is -2.23. The highest BCUT2D eigenvalue weighted by molar-refractivity contribution is 7.93. The van der Waals surface area contributed by atoms with Gasteiger partial charge < -0.3 is 10.1 Å². The summed E-state index contributed by atoms with van der Waals surface area (Å²) in [6.07, 6.45) is 1.29. The van der Waals surface area contributed by atoms with Gasteiger partial charge in [0.2, 0.25) is 10.0 Å². The molecular weight excluding hydrogens is 264 g/mol. The zero-order chi connectivity index (χ0) is 13.7. The van der Waals surface area contributed by atoms with Crippen LogP contribution in [0.15, 0.2) is 24.3 Å². The van der Waals surface area contributed by atoms with Gasteiger partial charge in [0, 0.05) is 0 Å². The first-order valence-corrected chi connectivity index (χ1v) is 8.12. The maximum atomic E-state index is 12.3. The third-order valence-corrected chi connectivity index (χ3v) is 5.02. The van der Waals surface area contributed by atoms with E-state index in [0.29, 0.717) is 30.9 Å². The third kappa shape index (κ3) is 3.61. The largest absolute Gasteiger partial charge is 0.492 e. The Hall–Kier alpha value is -1.27. The molecular formula is C13H20N2O3S. The first-order valence-electron chi connectivity index (χ1n) is 6.57. The van der Waals surface area contributed by atoms with Crippen molar-refractivity contribution in [2.45, 2.75) is 25.0 Å². The first-order chi connectivity index (χ1) is 9.13. The van der Waals surface area contributed by atoms with Gasteiger partial charge in [-0.05, 0) is 45.0 Å². The van der Waals surface area contributed by atoms with Crippen LogP contribution in [0.5, 0.6) is 5.75 Å². The number of anilines is 1. The fourth-order valence-electron chi connectivity index (χ4n) is 2.17. The van der Waals surface area contributed by atoms with E-state index in [9.17, 15) is 8.42 Å². The second-order valence-corrected chi connectivity index (χ2v) is 6.49. The molecule has 0 atom stereocenters. The molecule has 1 aromatic rings. The van der Waals surface area contributed by atoms with E-state index in [2.05, 4.69) is 10.0 Å². The molecule has 0 amide bonds. The smallest absolute Gasteiger partial charge is 0.235 e. The molecule has 0 aliphatic carbocycles. The topological polar surface area (TPSA) is 67.4 Å². The Balaban J connectivity index is 2.15. The van der Waals surface area contributed by atoms with E-state index in [-0.39, 0.29) is 5.25 Å². The number of para-hydroxylation sites is 2. The van der Waals surface area contributed by atoms with Crippen molar-refractivity contribution >= 4 is 15.7 Å². The number of piperidine rings is 1. The summed E-state index contributed by atoms with van der Waals surface area (Å²) >= 11 is 0. The maximum Gasteiger partial charge on any atom is 0.235 e. The highest BCUT2D eigenvalue weighted by Crippen LogP contribution is 2.26. The summed E-state index contributed by atoms with van der Waals surface area (Å²) in [5, 5.41) is 2.84. The predicted molar refractivity (Wildman–Crippen MR) is 76.0 cm³/mol. The summed E-state index contributed by atoms with van der Waals surface area (Å²) < 4.78 is 32.7. The summed E-state index contributed by atoms with van der Waals surface area (Å²) in [7, 11) is -3.35. The number of hydrogen-bond acceptors (Lipinski definition) is 4. The average Bonchev–Trinajstić information content (AvgIpc) is 2.42. The van der Waals surface area contributed by atoms with Gasteiger partial charge in [0.15, 0.2) is 0 Å². The lowest BCUT2D eigenvalue weighted by molar-refractivity contribution is 0.342. The molecule has 1 aliphatic rings. The van der Waals surface area contributed by atoms with Crippen molar-refractivity contribution in [1.82, 2.24) is 5.32 Å². The van der Waals surface area contributed by atoms with Crippen LogP contribution in [0.25, 0.3) is 0 Å². The van der Waals surface area contributed by atoms with Crippen LogP contribution in [0, 0.1) is 0 Å². The Morgan fingerprint density at radius 3 is 2.68 bits per heavy atom. The first kappa shape index (κ1) is 14.1. The van der Waals surface area contributed by atoms with Crippen molar-refractivity contribution in [1.29, 1.82) is 0 Å².